The van der Waals surface area contributed by atoms with Crippen molar-refractivity contribution in [1.82, 2.24) is 19.8 Å². The summed E-state index contributed by atoms with van der Waals surface area (Å²) in [5.41, 5.74) is 1.46. The molecule has 0 radical (unpaired) electrons. The van der Waals surface area contributed by atoms with E-state index in [9.17, 15) is 9.59 Å². The SMILES string of the molecule is Cc1nc(-c2ccccn2)sc1C(=O)N1CCN(C(=O)[C@H]2COc3ccccc3O2)CC1. The highest BCUT2D eigenvalue weighted by Crippen LogP contribution is 2.31. The van der Waals surface area contributed by atoms with Crippen LogP contribution in [0.25, 0.3) is 10.7 Å². The van der Waals surface area contributed by atoms with Crippen molar-refractivity contribution in [3.05, 3.63) is 59.2 Å². The topological polar surface area (TPSA) is 84.9 Å². The third-order valence-corrected chi connectivity index (χ3v) is 6.71. The van der Waals surface area contributed by atoms with Crippen molar-refractivity contribution in [2.45, 2.75) is 13.0 Å². The molecule has 1 saturated heterocycles. The number of piperazine rings is 1. The molecule has 2 aliphatic rings. The van der Waals surface area contributed by atoms with Crippen molar-refractivity contribution in [3.8, 4) is 22.2 Å². The fraction of sp³-hybridized carbons (Fsp3) is 0.304. The van der Waals surface area contributed by atoms with Crippen molar-refractivity contribution in [2.75, 3.05) is 32.8 Å². The number of carbonyl (C=O) groups excluding carboxylic acids is 2. The number of thiazole rings is 1. The molecule has 2 aromatic heterocycles. The van der Waals surface area contributed by atoms with Gasteiger partial charge in [-0.25, -0.2) is 4.98 Å². The molecule has 2 amide bonds. The number of aromatic nitrogens is 2. The van der Waals surface area contributed by atoms with Crippen LogP contribution in [0.5, 0.6) is 11.5 Å². The lowest BCUT2D eigenvalue weighted by atomic mass is 10.2. The summed E-state index contributed by atoms with van der Waals surface area (Å²) in [6, 6.07) is 13.0. The van der Waals surface area contributed by atoms with Crippen LogP contribution in [0.2, 0.25) is 0 Å². The Morgan fingerprint density at radius 1 is 1.00 bits per heavy atom. The highest BCUT2D eigenvalue weighted by atomic mass is 32.1. The maximum absolute atomic E-state index is 13.1. The van der Waals surface area contributed by atoms with Crippen LogP contribution in [0.15, 0.2) is 48.7 Å². The number of fused-ring (bicyclic) bond motifs is 1. The van der Waals surface area contributed by atoms with Gasteiger partial charge >= 0.3 is 0 Å². The first kappa shape index (κ1) is 20.4. The smallest absolute Gasteiger partial charge is 0.267 e. The quantitative estimate of drug-likeness (QED) is 0.610. The van der Waals surface area contributed by atoms with E-state index in [4.69, 9.17) is 9.47 Å². The summed E-state index contributed by atoms with van der Waals surface area (Å²) in [6.45, 7) is 3.86. The lowest BCUT2D eigenvalue weighted by Crippen LogP contribution is -2.55. The first-order valence-electron chi connectivity index (χ1n) is 10.5. The summed E-state index contributed by atoms with van der Waals surface area (Å²) in [6.07, 6.45) is 1.04. The average molecular weight is 451 g/mol. The number of ether oxygens (including phenoxy) is 2. The lowest BCUT2D eigenvalue weighted by Gasteiger charge is -2.37. The van der Waals surface area contributed by atoms with Crippen LogP contribution in [0.4, 0.5) is 0 Å². The molecule has 1 fully saturated rings. The van der Waals surface area contributed by atoms with Crippen molar-refractivity contribution >= 4 is 23.2 Å². The highest BCUT2D eigenvalue weighted by Gasteiger charge is 2.34. The van der Waals surface area contributed by atoms with E-state index in [0.717, 1.165) is 10.7 Å². The molecule has 32 heavy (non-hydrogen) atoms. The van der Waals surface area contributed by atoms with E-state index in [2.05, 4.69) is 9.97 Å². The minimum atomic E-state index is -0.670. The summed E-state index contributed by atoms with van der Waals surface area (Å²) < 4.78 is 11.5. The fourth-order valence-corrected chi connectivity index (χ4v) is 4.82. The number of benzene rings is 1. The number of carbonyl (C=O) groups is 2. The van der Waals surface area contributed by atoms with Gasteiger partial charge in [-0.3, -0.25) is 14.6 Å². The second kappa shape index (κ2) is 8.58. The van der Waals surface area contributed by atoms with Crippen molar-refractivity contribution in [3.63, 3.8) is 0 Å². The van der Waals surface area contributed by atoms with Crippen molar-refractivity contribution in [1.29, 1.82) is 0 Å². The van der Waals surface area contributed by atoms with Gasteiger partial charge in [0.05, 0.1) is 11.4 Å². The van der Waals surface area contributed by atoms with Gasteiger partial charge in [0.1, 0.15) is 16.5 Å². The Kier molecular flexibility index (Phi) is 5.48. The molecule has 0 N–H and O–H groups in total. The van der Waals surface area contributed by atoms with Crippen molar-refractivity contribution < 1.29 is 19.1 Å². The predicted molar refractivity (Wildman–Crippen MR) is 119 cm³/mol. The summed E-state index contributed by atoms with van der Waals surface area (Å²) in [4.78, 5) is 39.0. The molecular weight excluding hydrogens is 428 g/mol. The van der Waals surface area contributed by atoms with Gasteiger partial charge in [0, 0.05) is 32.4 Å². The number of pyridine rings is 1. The summed E-state index contributed by atoms with van der Waals surface area (Å²) in [7, 11) is 0. The second-order valence-corrected chi connectivity index (χ2v) is 8.63. The van der Waals surface area contributed by atoms with E-state index in [1.54, 1.807) is 22.1 Å². The van der Waals surface area contributed by atoms with Gasteiger partial charge < -0.3 is 19.3 Å². The molecule has 2 aliphatic heterocycles. The monoisotopic (exact) mass is 450 g/mol. The third-order valence-electron chi connectivity index (χ3n) is 5.54. The molecular formula is C23H22N4O4S. The zero-order valence-corrected chi connectivity index (χ0v) is 18.4. The van der Waals surface area contributed by atoms with Gasteiger partial charge in [0.2, 0.25) is 6.10 Å². The molecule has 9 heteroatoms. The zero-order chi connectivity index (χ0) is 22.1. The maximum atomic E-state index is 13.1. The number of aryl methyl sites for hydroxylation is 1. The Balaban J connectivity index is 1.21. The summed E-state index contributed by atoms with van der Waals surface area (Å²) in [5, 5.41) is 0.731. The number of amides is 2. The molecule has 0 unspecified atom stereocenters. The van der Waals surface area contributed by atoms with Crippen LogP contribution in [-0.2, 0) is 4.79 Å². The molecule has 8 nitrogen and oxygen atoms in total. The molecule has 1 aromatic carbocycles. The normalized spacial score (nSPS) is 17.8. The van der Waals surface area contributed by atoms with E-state index in [0.29, 0.717) is 48.2 Å². The van der Waals surface area contributed by atoms with Crippen LogP contribution in [0, 0.1) is 6.92 Å². The van der Waals surface area contributed by atoms with E-state index in [1.807, 2.05) is 43.3 Å². The number of rotatable bonds is 3. The van der Waals surface area contributed by atoms with E-state index < -0.39 is 6.10 Å². The molecule has 0 spiro atoms. The van der Waals surface area contributed by atoms with Crippen molar-refractivity contribution in [2.24, 2.45) is 0 Å². The molecule has 5 rings (SSSR count). The minimum absolute atomic E-state index is 0.0551. The Bertz CT molecular complexity index is 1140. The highest BCUT2D eigenvalue weighted by molar-refractivity contribution is 7.17. The first-order chi connectivity index (χ1) is 15.6. The molecule has 0 bridgehead atoms. The van der Waals surface area contributed by atoms with Crippen LogP contribution >= 0.6 is 11.3 Å². The summed E-state index contributed by atoms with van der Waals surface area (Å²) >= 11 is 1.36. The zero-order valence-electron chi connectivity index (χ0n) is 17.6. The fourth-order valence-electron chi connectivity index (χ4n) is 3.81. The predicted octanol–water partition coefficient (Wildman–Crippen LogP) is 2.64. The van der Waals surface area contributed by atoms with Gasteiger partial charge in [-0.15, -0.1) is 11.3 Å². The molecule has 3 aromatic rings. The van der Waals surface area contributed by atoms with Crippen LogP contribution in [0.3, 0.4) is 0 Å². The third kappa shape index (κ3) is 3.91. The largest absolute Gasteiger partial charge is 0.485 e. The van der Waals surface area contributed by atoms with E-state index in [-0.39, 0.29) is 18.4 Å². The minimum Gasteiger partial charge on any atom is -0.485 e. The lowest BCUT2D eigenvalue weighted by molar-refractivity contribution is -0.142. The van der Waals surface area contributed by atoms with Gasteiger partial charge in [0.25, 0.3) is 11.8 Å². The molecule has 0 saturated carbocycles. The molecule has 4 heterocycles. The van der Waals surface area contributed by atoms with E-state index >= 15 is 0 Å². The Morgan fingerprint density at radius 2 is 1.72 bits per heavy atom. The van der Waals surface area contributed by atoms with Gasteiger partial charge in [-0.1, -0.05) is 18.2 Å². The Labute approximate surface area is 189 Å². The standard InChI is InChI=1S/C23H22N4O4S/c1-15-20(32-21(25-15)16-6-4-5-9-24-16)23(29)27-12-10-26(11-13-27)22(28)19-14-30-17-7-2-3-8-18(17)31-19/h2-9,19H,10-14H2,1H3/t19-/m1/s1. The number of hydrogen-bond acceptors (Lipinski definition) is 7. The molecule has 0 aliphatic carbocycles. The van der Waals surface area contributed by atoms with E-state index in [1.165, 1.54) is 11.3 Å². The van der Waals surface area contributed by atoms with Crippen LogP contribution < -0.4 is 9.47 Å². The number of para-hydroxylation sites is 2. The summed E-state index contributed by atoms with van der Waals surface area (Å²) in [5.74, 6) is 1.06. The van der Waals surface area contributed by atoms with Gasteiger partial charge in [-0.2, -0.15) is 0 Å². The first-order valence-corrected chi connectivity index (χ1v) is 11.3. The van der Waals surface area contributed by atoms with Gasteiger partial charge in [-0.05, 0) is 31.2 Å². The Morgan fingerprint density at radius 3 is 2.47 bits per heavy atom. The second-order valence-electron chi connectivity index (χ2n) is 7.63. The maximum Gasteiger partial charge on any atom is 0.267 e. The number of hydrogen-bond donors (Lipinski definition) is 0. The molecule has 1 atom stereocenters. The van der Waals surface area contributed by atoms with Crippen LogP contribution in [-0.4, -0.2) is 70.5 Å². The molecule has 164 valence electrons. The van der Waals surface area contributed by atoms with Crippen LogP contribution in [0.1, 0.15) is 15.4 Å². The average Bonchev–Trinajstić information content (AvgIpc) is 3.25. The van der Waals surface area contributed by atoms with Gasteiger partial charge in [0.15, 0.2) is 11.5 Å². The Hall–Kier alpha value is -3.46. The number of nitrogens with zero attached hydrogens (tertiary/aromatic N) is 4.